The minimum absolute atomic E-state index is 0.362. The number of rotatable bonds is 3. The molecule has 1 saturated carbocycles. The predicted molar refractivity (Wildman–Crippen MR) is 83.2 cm³/mol. The summed E-state index contributed by atoms with van der Waals surface area (Å²) in [7, 11) is 0. The topological polar surface area (TPSA) is 29.3 Å². The third-order valence-electron chi connectivity index (χ3n) is 6.25. The molecule has 0 bridgehead atoms. The van der Waals surface area contributed by atoms with Crippen molar-refractivity contribution < 1.29 is 0 Å². The summed E-state index contributed by atoms with van der Waals surface area (Å²) in [5, 5.41) is 0. The van der Waals surface area contributed by atoms with Gasteiger partial charge in [-0.2, -0.15) is 0 Å². The second-order valence-electron chi connectivity index (χ2n) is 8.19. The summed E-state index contributed by atoms with van der Waals surface area (Å²) in [6.45, 7) is 13.3. The minimum atomic E-state index is 0.362. The molecule has 2 N–H and O–H groups in total. The molecular formula is C17H34N2. The third-order valence-corrected chi connectivity index (χ3v) is 6.25. The van der Waals surface area contributed by atoms with Gasteiger partial charge in [0.1, 0.15) is 0 Å². The largest absolute Gasteiger partial charge is 0.326 e. The highest BCUT2D eigenvalue weighted by molar-refractivity contribution is 5.00. The number of nitrogens with two attached hydrogens (primary N) is 1. The van der Waals surface area contributed by atoms with Crippen LogP contribution < -0.4 is 5.73 Å². The van der Waals surface area contributed by atoms with Gasteiger partial charge in [0.15, 0.2) is 0 Å². The third kappa shape index (κ3) is 3.00. The van der Waals surface area contributed by atoms with Gasteiger partial charge in [-0.05, 0) is 63.8 Å². The maximum absolute atomic E-state index is 6.49. The monoisotopic (exact) mass is 266 g/mol. The summed E-state index contributed by atoms with van der Waals surface area (Å²) < 4.78 is 0. The second-order valence-corrected chi connectivity index (χ2v) is 8.19. The van der Waals surface area contributed by atoms with E-state index >= 15 is 0 Å². The van der Waals surface area contributed by atoms with Crippen LogP contribution in [0.2, 0.25) is 0 Å². The van der Waals surface area contributed by atoms with Gasteiger partial charge in [-0.15, -0.1) is 0 Å². The molecule has 2 rings (SSSR count). The van der Waals surface area contributed by atoms with E-state index < -0.39 is 0 Å². The zero-order valence-electron chi connectivity index (χ0n) is 13.7. The minimum Gasteiger partial charge on any atom is -0.326 e. The van der Waals surface area contributed by atoms with E-state index in [2.05, 4.69) is 39.5 Å². The Kier molecular flexibility index (Phi) is 4.32. The smallest absolute Gasteiger partial charge is 0.0255 e. The molecule has 0 aromatic carbocycles. The van der Waals surface area contributed by atoms with E-state index in [0.29, 0.717) is 23.0 Å². The Hall–Kier alpha value is -0.0800. The van der Waals surface area contributed by atoms with Crippen LogP contribution in [0.5, 0.6) is 0 Å². The first kappa shape index (κ1) is 15.3. The molecule has 1 heterocycles. The van der Waals surface area contributed by atoms with E-state index in [1.54, 1.807) is 0 Å². The molecule has 2 aliphatic rings. The van der Waals surface area contributed by atoms with Crippen molar-refractivity contribution in [3.8, 4) is 0 Å². The lowest BCUT2D eigenvalue weighted by Crippen LogP contribution is -2.56. The summed E-state index contributed by atoms with van der Waals surface area (Å²) in [6, 6.07) is 1.00. The maximum atomic E-state index is 6.49. The van der Waals surface area contributed by atoms with Gasteiger partial charge < -0.3 is 5.73 Å². The van der Waals surface area contributed by atoms with Gasteiger partial charge in [-0.3, -0.25) is 4.90 Å². The first-order valence-electron chi connectivity index (χ1n) is 8.30. The fourth-order valence-corrected chi connectivity index (χ4v) is 4.27. The van der Waals surface area contributed by atoms with Crippen LogP contribution in [0.4, 0.5) is 0 Å². The zero-order chi connectivity index (χ0) is 14.3. The fourth-order valence-electron chi connectivity index (χ4n) is 4.27. The molecule has 2 nitrogen and oxygen atoms in total. The molecule has 2 heteroatoms. The number of nitrogens with zero attached hydrogens (tertiary/aromatic N) is 1. The van der Waals surface area contributed by atoms with Crippen LogP contribution in [-0.2, 0) is 0 Å². The molecule has 1 aliphatic carbocycles. The van der Waals surface area contributed by atoms with Gasteiger partial charge in [0.2, 0.25) is 0 Å². The van der Waals surface area contributed by atoms with Crippen molar-refractivity contribution in [2.75, 3.05) is 6.54 Å². The summed E-state index contributed by atoms with van der Waals surface area (Å²) in [5.74, 6) is 0.846. The van der Waals surface area contributed by atoms with Crippen LogP contribution in [0, 0.1) is 11.3 Å². The SMILES string of the molecule is CCC(C)(C)C1CCC(N)C(N2CCCC2(C)C)C1. The average Bonchev–Trinajstić information content (AvgIpc) is 2.69. The molecule has 0 amide bonds. The van der Waals surface area contributed by atoms with Crippen LogP contribution in [-0.4, -0.2) is 29.1 Å². The Morgan fingerprint density at radius 1 is 1.26 bits per heavy atom. The lowest BCUT2D eigenvalue weighted by atomic mass is 9.67. The quantitative estimate of drug-likeness (QED) is 0.842. The van der Waals surface area contributed by atoms with Gasteiger partial charge in [0, 0.05) is 17.6 Å². The van der Waals surface area contributed by atoms with Crippen molar-refractivity contribution in [3.05, 3.63) is 0 Å². The molecule has 0 spiro atoms. The van der Waals surface area contributed by atoms with Crippen molar-refractivity contribution in [2.45, 2.75) is 90.8 Å². The summed E-state index contributed by atoms with van der Waals surface area (Å²) in [4.78, 5) is 2.73. The van der Waals surface area contributed by atoms with E-state index in [4.69, 9.17) is 5.73 Å². The van der Waals surface area contributed by atoms with Crippen LogP contribution >= 0.6 is 0 Å². The molecule has 2 fully saturated rings. The first-order chi connectivity index (χ1) is 8.78. The number of hydrogen-bond donors (Lipinski definition) is 1. The van der Waals surface area contributed by atoms with Crippen LogP contribution in [0.3, 0.4) is 0 Å². The molecule has 0 radical (unpaired) electrons. The molecule has 1 saturated heterocycles. The Morgan fingerprint density at radius 3 is 2.47 bits per heavy atom. The average molecular weight is 266 g/mol. The number of hydrogen-bond acceptors (Lipinski definition) is 2. The van der Waals surface area contributed by atoms with E-state index in [1.165, 1.54) is 45.1 Å². The van der Waals surface area contributed by atoms with Gasteiger partial charge in [0.05, 0.1) is 0 Å². The lowest BCUT2D eigenvalue weighted by Gasteiger charge is -2.48. The molecule has 19 heavy (non-hydrogen) atoms. The van der Waals surface area contributed by atoms with Gasteiger partial charge in [-0.25, -0.2) is 0 Å². The second kappa shape index (κ2) is 5.37. The normalized spacial score (nSPS) is 36.6. The molecule has 112 valence electrons. The van der Waals surface area contributed by atoms with Gasteiger partial charge in [0.25, 0.3) is 0 Å². The van der Waals surface area contributed by atoms with Crippen LogP contribution in [0.15, 0.2) is 0 Å². The highest BCUT2D eigenvalue weighted by atomic mass is 15.3. The van der Waals surface area contributed by atoms with Crippen LogP contribution in [0.25, 0.3) is 0 Å². The molecule has 1 aliphatic heterocycles. The van der Waals surface area contributed by atoms with Crippen molar-refractivity contribution in [1.82, 2.24) is 4.90 Å². The first-order valence-corrected chi connectivity index (χ1v) is 8.30. The van der Waals surface area contributed by atoms with Crippen molar-refractivity contribution in [1.29, 1.82) is 0 Å². The summed E-state index contributed by atoms with van der Waals surface area (Å²) >= 11 is 0. The Morgan fingerprint density at radius 2 is 1.95 bits per heavy atom. The van der Waals surface area contributed by atoms with E-state index in [-0.39, 0.29) is 0 Å². The fraction of sp³-hybridized carbons (Fsp3) is 1.00. The summed E-state index contributed by atoms with van der Waals surface area (Å²) in [6.07, 6.45) is 7.81. The van der Waals surface area contributed by atoms with Crippen molar-refractivity contribution >= 4 is 0 Å². The molecule has 0 aromatic rings. The van der Waals surface area contributed by atoms with Crippen molar-refractivity contribution in [2.24, 2.45) is 17.1 Å². The molecule has 3 unspecified atom stereocenters. The maximum Gasteiger partial charge on any atom is 0.0255 e. The van der Waals surface area contributed by atoms with Crippen LogP contribution in [0.1, 0.15) is 73.1 Å². The standard InChI is InChI=1S/C17H34N2/c1-6-16(2,3)13-8-9-14(18)15(12-13)19-11-7-10-17(19,4)5/h13-15H,6-12,18H2,1-5H3. The highest BCUT2D eigenvalue weighted by Crippen LogP contribution is 2.43. The summed E-state index contributed by atoms with van der Waals surface area (Å²) in [5.41, 5.74) is 7.32. The Bertz CT molecular complexity index is 308. The Labute approximate surface area is 120 Å². The zero-order valence-corrected chi connectivity index (χ0v) is 13.7. The van der Waals surface area contributed by atoms with Gasteiger partial charge in [-0.1, -0.05) is 27.2 Å². The number of likely N-dealkylation sites (tertiary alicyclic amines) is 1. The molecule has 0 aromatic heterocycles. The highest BCUT2D eigenvalue weighted by Gasteiger charge is 2.43. The Balaban J connectivity index is 2.11. The lowest BCUT2D eigenvalue weighted by molar-refractivity contribution is 0.0281. The molecular weight excluding hydrogens is 232 g/mol. The van der Waals surface area contributed by atoms with E-state index in [0.717, 1.165) is 5.92 Å². The predicted octanol–water partition coefficient (Wildman–Crippen LogP) is 3.79. The van der Waals surface area contributed by atoms with Gasteiger partial charge >= 0.3 is 0 Å². The molecule has 3 atom stereocenters. The van der Waals surface area contributed by atoms with E-state index in [1.807, 2.05) is 0 Å². The van der Waals surface area contributed by atoms with Crippen molar-refractivity contribution in [3.63, 3.8) is 0 Å². The van der Waals surface area contributed by atoms with E-state index in [9.17, 15) is 0 Å².